The summed E-state index contributed by atoms with van der Waals surface area (Å²) >= 11 is 0. The van der Waals surface area contributed by atoms with E-state index in [9.17, 15) is 4.79 Å². The van der Waals surface area contributed by atoms with Crippen molar-refractivity contribution in [1.29, 1.82) is 0 Å². The summed E-state index contributed by atoms with van der Waals surface area (Å²) in [7, 11) is 1.64. The van der Waals surface area contributed by atoms with E-state index in [2.05, 4.69) is 15.5 Å². The van der Waals surface area contributed by atoms with Crippen LogP contribution in [0, 0.1) is 5.92 Å². The second kappa shape index (κ2) is 9.29. The molecule has 1 N–H and O–H groups in total. The number of hydrogen-bond donors (Lipinski definition) is 1. The summed E-state index contributed by atoms with van der Waals surface area (Å²) in [5.41, 5.74) is 0.875. The van der Waals surface area contributed by atoms with Crippen molar-refractivity contribution in [2.75, 3.05) is 25.1 Å². The van der Waals surface area contributed by atoms with Crippen molar-refractivity contribution in [3.63, 3.8) is 0 Å². The zero-order valence-corrected chi connectivity index (χ0v) is 17.1. The van der Waals surface area contributed by atoms with Crippen LogP contribution in [0.5, 0.6) is 5.75 Å². The highest BCUT2D eigenvalue weighted by Crippen LogP contribution is 2.26. The Morgan fingerprint density at radius 1 is 1.10 bits per heavy atom. The molecule has 1 aromatic heterocycles. The normalized spacial score (nSPS) is 20.9. The summed E-state index contributed by atoms with van der Waals surface area (Å²) in [4.78, 5) is 19.4. The number of ether oxygens (including phenoxy) is 1. The van der Waals surface area contributed by atoms with Gasteiger partial charge in [-0.25, -0.2) is 0 Å². The number of carbonyl (C=O) groups is 1. The van der Waals surface area contributed by atoms with E-state index in [1.54, 1.807) is 7.11 Å². The molecule has 4 rings (SSSR count). The second-order valence-corrected chi connectivity index (χ2v) is 8.11. The third-order valence-corrected chi connectivity index (χ3v) is 6.03. The minimum Gasteiger partial charge on any atom is -0.497 e. The van der Waals surface area contributed by atoms with Crippen LogP contribution in [0.25, 0.3) is 11.4 Å². The van der Waals surface area contributed by atoms with Crippen molar-refractivity contribution >= 4 is 11.9 Å². The number of aromatic nitrogens is 2. The van der Waals surface area contributed by atoms with Gasteiger partial charge in [0.15, 0.2) is 0 Å². The van der Waals surface area contributed by atoms with E-state index in [1.165, 1.54) is 25.7 Å². The van der Waals surface area contributed by atoms with Gasteiger partial charge in [-0.3, -0.25) is 4.79 Å². The third kappa shape index (κ3) is 4.89. The number of nitrogens with one attached hydrogen (secondary N) is 1. The Kier molecular flexibility index (Phi) is 6.32. The van der Waals surface area contributed by atoms with Gasteiger partial charge in [-0.05, 0) is 49.9 Å². The van der Waals surface area contributed by atoms with Crippen molar-refractivity contribution in [2.24, 2.45) is 5.92 Å². The van der Waals surface area contributed by atoms with Crippen LogP contribution in [0.2, 0.25) is 0 Å². The van der Waals surface area contributed by atoms with Crippen LogP contribution in [-0.4, -0.2) is 42.3 Å². The summed E-state index contributed by atoms with van der Waals surface area (Å²) in [5.74, 6) is 1.49. The summed E-state index contributed by atoms with van der Waals surface area (Å²) < 4.78 is 10.7. The molecular weight excluding hydrogens is 368 g/mol. The molecule has 2 fully saturated rings. The number of nitrogens with zero attached hydrogens (tertiary/aromatic N) is 3. The predicted molar refractivity (Wildman–Crippen MR) is 111 cm³/mol. The zero-order chi connectivity index (χ0) is 20.1. The molecule has 1 saturated carbocycles. The van der Waals surface area contributed by atoms with Gasteiger partial charge in [0.2, 0.25) is 11.7 Å². The number of methoxy groups -OCH3 is 1. The number of carbonyl (C=O) groups excluding carboxylic acids is 1. The van der Waals surface area contributed by atoms with E-state index in [4.69, 9.17) is 9.26 Å². The van der Waals surface area contributed by atoms with Crippen molar-refractivity contribution in [3.8, 4) is 17.1 Å². The first-order valence-corrected chi connectivity index (χ1v) is 10.8. The molecular formula is C22H30N4O3. The van der Waals surface area contributed by atoms with E-state index in [1.807, 2.05) is 29.2 Å². The Morgan fingerprint density at radius 3 is 2.59 bits per heavy atom. The Morgan fingerprint density at radius 2 is 1.86 bits per heavy atom. The summed E-state index contributed by atoms with van der Waals surface area (Å²) in [6.07, 6.45) is 9.09. The largest absolute Gasteiger partial charge is 0.497 e. The maximum absolute atomic E-state index is 12.8. The van der Waals surface area contributed by atoms with Crippen LogP contribution in [0.15, 0.2) is 28.8 Å². The van der Waals surface area contributed by atoms with Gasteiger partial charge in [-0.1, -0.05) is 30.8 Å². The van der Waals surface area contributed by atoms with Gasteiger partial charge in [0, 0.05) is 24.7 Å². The van der Waals surface area contributed by atoms with Gasteiger partial charge in [0.25, 0.3) is 0 Å². The molecule has 0 spiro atoms. The SMILES string of the molecule is COc1ccc(-c2noc(N3CCC[C@H](C(=O)NC4CCCCCC4)C3)n2)cc1. The molecule has 1 atom stereocenters. The first kappa shape index (κ1) is 19.7. The monoisotopic (exact) mass is 398 g/mol. The van der Waals surface area contributed by atoms with Gasteiger partial charge < -0.3 is 19.5 Å². The topological polar surface area (TPSA) is 80.5 Å². The fourth-order valence-corrected chi connectivity index (χ4v) is 4.31. The minimum atomic E-state index is -0.0247. The highest BCUT2D eigenvalue weighted by atomic mass is 16.5. The molecule has 156 valence electrons. The van der Waals surface area contributed by atoms with E-state index < -0.39 is 0 Å². The van der Waals surface area contributed by atoms with Gasteiger partial charge in [-0.2, -0.15) is 4.98 Å². The predicted octanol–water partition coefficient (Wildman–Crippen LogP) is 3.80. The van der Waals surface area contributed by atoms with Crippen LogP contribution in [0.3, 0.4) is 0 Å². The number of rotatable bonds is 5. The van der Waals surface area contributed by atoms with Crippen molar-refractivity contribution in [1.82, 2.24) is 15.5 Å². The van der Waals surface area contributed by atoms with Crippen LogP contribution >= 0.6 is 0 Å². The van der Waals surface area contributed by atoms with E-state index in [-0.39, 0.29) is 11.8 Å². The van der Waals surface area contributed by atoms with Crippen molar-refractivity contribution in [2.45, 2.75) is 57.4 Å². The lowest BCUT2D eigenvalue weighted by atomic mass is 9.96. The Hall–Kier alpha value is -2.57. The average Bonchev–Trinajstić information content (AvgIpc) is 3.12. The maximum atomic E-state index is 12.8. The summed E-state index contributed by atoms with van der Waals surface area (Å²) in [6.45, 7) is 1.46. The van der Waals surface area contributed by atoms with E-state index in [0.717, 1.165) is 43.5 Å². The molecule has 1 amide bonds. The lowest BCUT2D eigenvalue weighted by Crippen LogP contribution is -2.46. The molecule has 2 aliphatic rings. The molecule has 1 aliphatic heterocycles. The Labute approximate surface area is 171 Å². The van der Waals surface area contributed by atoms with Crippen LogP contribution in [-0.2, 0) is 4.79 Å². The molecule has 7 heteroatoms. The fourth-order valence-electron chi connectivity index (χ4n) is 4.31. The molecule has 29 heavy (non-hydrogen) atoms. The number of amides is 1. The lowest BCUT2D eigenvalue weighted by Gasteiger charge is -2.31. The molecule has 2 heterocycles. The molecule has 1 saturated heterocycles. The first-order chi connectivity index (χ1) is 14.2. The maximum Gasteiger partial charge on any atom is 0.324 e. The number of anilines is 1. The number of piperidine rings is 1. The lowest BCUT2D eigenvalue weighted by molar-refractivity contribution is -0.126. The van der Waals surface area contributed by atoms with Crippen LogP contribution in [0.4, 0.5) is 6.01 Å². The number of hydrogen-bond acceptors (Lipinski definition) is 6. The van der Waals surface area contributed by atoms with Gasteiger partial charge in [-0.15, -0.1) is 0 Å². The molecule has 0 unspecified atom stereocenters. The van der Waals surface area contributed by atoms with Crippen molar-refractivity contribution < 1.29 is 14.1 Å². The molecule has 1 aromatic carbocycles. The van der Waals surface area contributed by atoms with Gasteiger partial charge in [0.1, 0.15) is 5.75 Å². The van der Waals surface area contributed by atoms with Gasteiger partial charge >= 0.3 is 6.01 Å². The molecule has 0 bridgehead atoms. The quantitative estimate of drug-likeness (QED) is 0.772. The van der Waals surface area contributed by atoms with Gasteiger partial charge in [0.05, 0.1) is 13.0 Å². The average molecular weight is 399 g/mol. The third-order valence-electron chi connectivity index (χ3n) is 6.03. The molecule has 0 radical (unpaired) electrons. The smallest absolute Gasteiger partial charge is 0.324 e. The van der Waals surface area contributed by atoms with Crippen molar-refractivity contribution in [3.05, 3.63) is 24.3 Å². The van der Waals surface area contributed by atoms with E-state index >= 15 is 0 Å². The Balaban J connectivity index is 1.37. The summed E-state index contributed by atoms with van der Waals surface area (Å²) in [6, 6.07) is 8.40. The van der Waals surface area contributed by atoms with Crippen LogP contribution < -0.4 is 15.0 Å². The van der Waals surface area contributed by atoms with E-state index in [0.29, 0.717) is 24.4 Å². The number of benzene rings is 1. The second-order valence-electron chi connectivity index (χ2n) is 8.11. The molecule has 7 nitrogen and oxygen atoms in total. The fraction of sp³-hybridized carbons (Fsp3) is 0.591. The minimum absolute atomic E-state index is 0.0247. The molecule has 1 aliphatic carbocycles. The standard InChI is InChI=1S/C22H30N4O3/c1-28-19-12-10-16(11-13-19)20-24-22(29-25-20)26-14-6-7-17(15-26)21(27)23-18-8-4-2-3-5-9-18/h10-13,17-18H,2-9,14-15H2,1H3,(H,23,27)/t17-/m0/s1. The first-order valence-electron chi connectivity index (χ1n) is 10.8. The molecule has 2 aromatic rings. The Bertz CT molecular complexity index is 797. The summed E-state index contributed by atoms with van der Waals surface area (Å²) in [5, 5.41) is 7.42. The van der Waals surface area contributed by atoms with Crippen LogP contribution in [0.1, 0.15) is 51.4 Å². The highest BCUT2D eigenvalue weighted by Gasteiger charge is 2.30. The highest BCUT2D eigenvalue weighted by molar-refractivity contribution is 5.79. The zero-order valence-electron chi connectivity index (χ0n) is 17.1.